The molecule has 1 saturated heterocycles. The number of aromatic nitrogens is 1. The molecular weight excluding hydrogens is 546 g/mol. The number of hydrogen-bond acceptors (Lipinski definition) is 9. The maximum absolute atomic E-state index is 14.3. The molecule has 0 radical (unpaired) electrons. The number of ether oxygens (including phenoxy) is 5. The predicted molar refractivity (Wildman–Crippen MR) is 153 cm³/mol. The largest absolute Gasteiger partial charge is 0.457 e. The number of methoxy groups -OCH3 is 1. The molecule has 1 spiro atoms. The van der Waals surface area contributed by atoms with E-state index in [1.165, 1.54) is 7.11 Å². The van der Waals surface area contributed by atoms with E-state index in [4.69, 9.17) is 23.7 Å². The van der Waals surface area contributed by atoms with Gasteiger partial charge in [-0.2, -0.15) is 0 Å². The van der Waals surface area contributed by atoms with E-state index in [0.717, 1.165) is 5.57 Å². The molecule has 1 aromatic heterocycles. The van der Waals surface area contributed by atoms with E-state index < -0.39 is 59.2 Å². The normalized spacial score (nSPS) is 42.1. The minimum Gasteiger partial charge on any atom is -0.457 e. The summed E-state index contributed by atoms with van der Waals surface area (Å²) in [6, 6.07) is 3.37. The number of carbonyl (C=O) groups is 3. The molecule has 41 heavy (non-hydrogen) atoms. The van der Waals surface area contributed by atoms with Gasteiger partial charge in [0.2, 0.25) is 0 Å². The van der Waals surface area contributed by atoms with Crippen molar-refractivity contribution < 1.29 is 38.1 Å². The van der Waals surface area contributed by atoms with Gasteiger partial charge in [0.1, 0.15) is 35.4 Å². The van der Waals surface area contributed by atoms with E-state index in [0.29, 0.717) is 11.6 Å². The maximum atomic E-state index is 14.3. The van der Waals surface area contributed by atoms with Gasteiger partial charge in [-0.05, 0) is 44.2 Å². The lowest BCUT2D eigenvalue weighted by Crippen LogP contribution is -2.59. The topological polar surface area (TPSA) is 113 Å². The van der Waals surface area contributed by atoms with Crippen LogP contribution in [0, 0.1) is 29.1 Å². The van der Waals surface area contributed by atoms with E-state index in [-0.39, 0.29) is 30.1 Å². The zero-order chi connectivity index (χ0) is 29.7. The number of rotatable bonds is 7. The summed E-state index contributed by atoms with van der Waals surface area (Å²) in [6.45, 7) is 9.71. The Kier molecular flexibility index (Phi) is 8.33. The van der Waals surface area contributed by atoms with Crippen LogP contribution in [0.15, 0.2) is 42.1 Å². The lowest BCUT2D eigenvalue weighted by Gasteiger charge is -2.49. The van der Waals surface area contributed by atoms with Gasteiger partial charge in [0.15, 0.2) is 6.10 Å². The molecule has 10 heteroatoms. The van der Waals surface area contributed by atoms with Gasteiger partial charge in [0.25, 0.3) is 0 Å². The van der Waals surface area contributed by atoms with Crippen LogP contribution in [0.2, 0.25) is 0 Å². The molecule has 3 heterocycles. The third-order valence-electron chi connectivity index (χ3n) is 9.64. The molecule has 4 aliphatic rings. The Morgan fingerprint density at radius 1 is 1.29 bits per heavy atom. The summed E-state index contributed by atoms with van der Waals surface area (Å²) < 4.78 is 30.7. The highest BCUT2D eigenvalue weighted by molar-refractivity contribution is 7.98. The molecule has 2 aliphatic carbocycles. The average molecular weight is 588 g/mol. The van der Waals surface area contributed by atoms with Crippen LogP contribution in [-0.2, 0) is 33.3 Å². The van der Waals surface area contributed by atoms with E-state index >= 15 is 0 Å². The van der Waals surface area contributed by atoms with Crippen LogP contribution >= 0.6 is 11.8 Å². The summed E-state index contributed by atoms with van der Waals surface area (Å²) >= 11 is 1.55. The molecular formula is C31H41NO8S. The van der Waals surface area contributed by atoms with Crippen LogP contribution in [0.3, 0.4) is 0 Å². The third-order valence-corrected chi connectivity index (χ3v) is 10.0. The number of nitrogens with one attached hydrogen (secondary N) is 1. The fourth-order valence-electron chi connectivity index (χ4n) is 7.54. The van der Waals surface area contributed by atoms with Gasteiger partial charge in [-0.15, -0.1) is 11.8 Å². The number of thioether (sulfide) groups is 1. The molecule has 1 saturated carbocycles. The summed E-state index contributed by atoms with van der Waals surface area (Å²) in [5.41, 5.74) is -0.535. The first-order valence-electron chi connectivity index (χ1n) is 14.3. The zero-order valence-electron chi connectivity index (χ0n) is 24.7. The Morgan fingerprint density at radius 3 is 2.71 bits per heavy atom. The Hall–Kier alpha value is -2.40. The monoisotopic (exact) mass is 587 g/mol. The minimum absolute atomic E-state index is 0.0119. The fraction of sp³-hybridized carbons (Fsp3) is 0.645. The summed E-state index contributed by atoms with van der Waals surface area (Å²) in [7, 11) is 1.49. The van der Waals surface area contributed by atoms with Crippen molar-refractivity contribution in [3.05, 3.63) is 47.8 Å². The highest BCUT2D eigenvalue weighted by atomic mass is 32.2. The number of carbonyl (C=O) groups excluding carboxylic acids is 3. The summed E-state index contributed by atoms with van der Waals surface area (Å²) in [4.78, 5) is 43.7. The summed E-state index contributed by atoms with van der Waals surface area (Å²) in [5.74, 6) is -2.21. The van der Waals surface area contributed by atoms with Crippen LogP contribution in [0.25, 0.3) is 0 Å². The SMILES string of the molecule is CO[C@H]1C[C@H]2C=C[C@]3(C)[C@H]4C(=O)[C@@H](C)[C@@H](OC(=O)c5ccc[nH]5)[C@@H]3O[C@@]24/C(C)=C/[C@@H](C)[C@@H]([C@@H](C)OCSC)OC1=O. The number of Topliss-reactive ketones (excluding diaryl/α,β-unsaturated/α-hetero) is 1. The molecule has 4 bridgehead atoms. The van der Waals surface area contributed by atoms with Crippen LogP contribution in [0.5, 0.6) is 0 Å². The molecule has 1 N–H and O–H groups in total. The smallest absolute Gasteiger partial charge is 0.355 e. The van der Waals surface area contributed by atoms with E-state index in [2.05, 4.69) is 11.1 Å². The van der Waals surface area contributed by atoms with Crippen molar-refractivity contribution in [3.63, 3.8) is 0 Å². The maximum Gasteiger partial charge on any atom is 0.355 e. The number of ketones is 1. The molecule has 9 nitrogen and oxygen atoms in total. The van der Waals surface area contributed by atoms with Crippen molar-refractivity contribution >= 4 is 29.5 Å². The first-order chi connectivity index (χ1) is 19.5. The first kappa shape index (κ1) is 30.1. The van der Waals surface area contributed by atoms with Crippen molar-refractivity contribution in [2.24, 2.45) is 29.1 Å². The number of hydrogen-bond donors (Lipinski definition) is 1. The summed E-state index contributed by atoms with van der Waals surface area (Å²) in [6.07, 6.45) is 6.88. The van der Waals surface area contributed by atoms with Crippen molar-refractivity contribution in [1.29, 1.82) is 0 Å². The molecule has 1 aromatic rings. The van der Waals surface area contributed by atoms with Crippen molar-refractivity contribution in [2.45, 2.75) is 77.2 Å². The van der Waals surface area contributed by atoms with Gasteiger partial charge < -0.3 is 28.7 Å². The van der Waals surface area contributed by atoms with Gasteiger partial charge in [-0.3, -0.25) is 4.79 Å². The van der Waals surface area contributed by atoms with Gasteiger partial charge in [-0.1, -0.05) is 39.0 Å². The second kappa shape index (κ2) is 11.4. The van der Waals surface area contributed by atoms with Gasteiger partial charge in [0.05, 0.1) is 23.9 Å². The quantitative estimate of drug-likeness (QED) is 0.283. The fourth-order valence-corrected chi connectivity index (χ4v) is 7.89. The van der Waals surface area contributed by atoms with Gasteiger partial charge in [-0.25, -0.2) is 9.59 Å². The highest BCUT2D eigenvalue weighted by Gasteiger charge is 2.74. The van der Waals surface area contributed by atoms with E-state index in [1.54, 1.807) is 30.1 Å². The number of esters is 2. The molecule has 0 amide bonds. The van der Waals surface area contributed by atoms with E-state index in [1.807, 2.05) is 53.0 Å². The lowest BCUT2D eigenvalue weighted by molar-refractivity contribution is -0.173. The highest BCUT2D eigenvalue weighted by Crippen LogP contribution is 2.65. The number of H-pyrrole nitrogens is 1. The molecule has 2 fully saturated rings. The van der Waals surface area contributed by atoms with E-state index in [9.17, 15) is 14.4 Å². The number of cyclic esters (lactones) is 1. The second-order valence-corrected chi connectivity index (χ2v) is 12.9. The predicted octanol–water partition coefficient (Wildman–Crippen LogP) is 4.34. The zero-order valence-corrected chi connectivity index (χ0v) is 25.6. The second-order valence-electron chi connectivity index (χ2n) is 12.1. The Labute approximate surface area is 245 Å². The molecule has 224 valence electrons. The van der Waals surface area contributed by atoms with Gasteiger partial charge in [0, 0.05) is 30.6 Å². The molecule has 11 atom stereocenters. The van der Waals surface area contributed by atoms with Crippen molar-refractivity contribution in [3.8, 4) is 0 Å². The minimum atomic E-state index is -1.04. The van der Waals surface area contributed by atoms with Crippen LogP contribution < -0.4 is 0 Å². The van der Waals surface area contributed by atoms with Crippen LogP contribution in [-0.4, -0.2) is 78.1 Å². The van der Waals surface area contributed by atoms with Crippen molar-refractivity contribution in [1.82, 2.24) is 4.98 Å². The molecule has 5 rings (SSSR count). The summed E-state index contributed by atoms with van der Waals surface area (Å²) in [5, 5.41) is 0. The average Bonchev–Trinajstić information content (AvgIpc) is 3.52. The third kappa shape index (κ3) is 4.80. The Morgan fingerprint density at radius 2 is 2.05 bits per heavy atom. The lowest BCUT2D eigenvalue weighted by atomic mass is 9.52. The first-order valence-corrected chi connectivity index (χ1v) is 15.7. The molecule has 0 unspecified atom stereocenters. The van der Waals surface area contributed by atoms with Crippen LogP contribution in [0.1, 0.15) is 51.5 Å². The Bertz CT molecular complexity index is 1230. The Balaban J connectivity index is 1.59. The molecule has 2 aliphatic heterocycles. The van der Waals surface area contributed by atoms with Crippen LogP contribution in [0.4, 0.5) is 0 Å². The number of aromatic amines is 1. The standard InChI is InChI=1S/C31H41NO8S/c1-16-13-17(2)31-20(14-22(36-6)29(35)38-24(16)19(4)37-15-41-7)10-11-30(5)26(31)23(33)18(3)25(27(30)40-31)39-28(34)21-9-8-12-32-21/h8-13,16,18-20,22,24-27,32H,14-15H2,1-7H3/b17-13+/t16-,18-,19-,20-,22+,24+,25-,26-,27+,30-,31+/m1/s1. The van der Waals surface area contributed by atoms with Gasteiger partial charge >= 0.3 is 11.9 Å². The molecule has 0 aromatic carbocycles. The van der Waals surface area contributed by atoms with Crippen molar-refractivity contribution in [2.75, 3.05) is 19.3 Å².